The molecular formula is C18H18N4OS3. The van der Waals surface area contributed by atoms with Gasteiger partial charge in [0.25, 0.3) is 0 Å². The van der Waals surface area contributed by atoms with Gasteiger partial charge in [-0.1, -0.05) is 65.6 Å². The zero-order chi connectivity index (χ0) is 18.2. The molecule has 0 fully saturated rings. The normalized spacial score (nSPS) is 11.7. The molecule has 1 aromatic carbocycles. The first-order chi connectivity index (χ1) is 12.8. The van der Waals surface area contributed by atoms with Crippen LogP contribution >= 0.6 is 34.4 Å². The van der Waals surface area contributed by atoms with Crippen molar-refractivity contribution in [2.45, 2.75) is 10.4 Å². The van der Waals surface area contributed by atoms with E-state index in [1.807, 2.05) is 47.8 Å². The van der Waals surface area contributed by atoms with Gasteiger partial charge in [0.15, 0.2) is 4.34 Å². The molecule has 0 aliphatic heterocycles. The van der Waals surface area contributed by atoms with Crippen LogP contribution in [0.25, 0.3) is 0 Å². The predicted octanol–water partition coefficient (Wildman–Crippen LogP) is 4.20. The van der Waals surface area contributed by atoms with Crippen molar-refractivity contribution in [1.82, 2.24) is 15.5 Å². The molecule has 0 bridgehead atoms. The van der Waals surface area contributed by atoms with Crippen LogP contribution in [0.15, 0.2) is 64.8 Å². The summed E-state index contributed by atoms with van der Waals surface area (Å²) in [5.74, 6) is 0.262. The predicted molar refractivity (Wildman–Crippen MR) is 110 cm³/mol. The third-order valence-electron chi connectivity index (χ3n) is 3.40. The lowest BCUT2D eigenvalue weighted by Crippen LogP contribution is -2.30. The lowest BCUT2D eigenvalue weighted by molar-refractivity contribution is -0.119. The van der Waals surface area contributed by atoms with Gasteiger partial charge < -0.3 is 10.6 Å². The Labute approximate surface area is 164 Å². The Morgan fingerprint density at radius 1 is 1.23 bits per heavy atom. The molecule has 0 unspecified atom stereocenters. The van der Waals surface area contributed by atoms with Gasteiger partial charge >= 0.3 is 0 Å². The van der Waals surface area contributed by atoms with E-state index in [9.17, 15) is 4.79 Å². The maximum Gasteiger partial charge on any atom is 0.231 e. The van der Waals surface area contributed by atoms with E-state index in [4.69, 9.17) is 0 Å². The molecule has 3 aromatic rings. The molecule has 0 radical (unpaired) electrons. The van der Waals surface area contributed by atoms with Gasteiger partial charge in [0.1, 0.15) is 0 Å². The topological polar surface area (TPSA) is 66.9 Å². The second-order valence-corrected chi connectivity index (χ2v) is 8.44. The molecule has 0 saturated heterocycles. The number of aromatic nitrogens is 2. The number of thiophene rings is 1. The molecule has 5 nitrogen and oxygen atoms in total. The van der Waals surface area contributed by atoms with Crippen LogP contribution in [0.4, 0.5) is 5.13 Å². The Morgan fingerprint density at radius 3 is 2.81 bits per heavy atom. The van der Waals surface area contributed by atoms with E-state index in [-0.39, 0.29) is 11.9 Å². The van der Waals surface area contributed by atoms with Gasteiger partial charge in [0.2, 0.25) is 11.0 Å². The molecule has 0 aliphatic rings. The summed E-state index contributed by atoms with van der Waals surface area (Å²) in [6.45, 7) is 4.29. The lowest BCUT2D eigenvalue weighted by atomic mass is 10.1. The monoisotopic (exact) mass is 402 g/mol. The van der Waals surface area contributed by atoms with Gasteiger partial charge in [0.05, 0.1) is 11.8 Å². The zero-order valence-electron chi connectivity index (χ0n) is 13.9. The molecule has 0 aliphatic carbocycles. The number of carbonyl (C=O) groups is 1. The van der Waals surface area contributed by atoms with E-state index in [2.05, 4.69) is 27.4 Å². The van der Waals surface area contributed by atoms with E-state index in [1.165, 1.54) is 23.1 Å². The van der Waals surface area contributed by atoms with E-state index >= 15 is 0 Å². The molecule has 3 rings (SSSR count). The summed E-state index contributed by atoms with van der Waals surface area (Å²) in [5.41, 5.74) is 1.07. The first-order valence-electron chi connectivity index (χ1n) is 7.95. The van der Waals surface area contributed by atoms with Gasteiger partial charge in [0, 0.05) is 11.4 Å². The fourth-order valence-electron chi connectivity index (χ4n) is 2.25. The number of benzene rings is 1. The third-order valence-corrected chi connectivity index (χ3v) is 6.35. The Morgan fingerprint density at radius 2 is 2.08 bits per heavy atom. The summed E-state index contributed by atoms with van der Waals surface area (Å²) >= 11 is 4.45. The summed E-state index contributed by atoms with van der Waals surface area (Å²) in [6, 6.07) is 13.9. The number of carbonyl (C=O) groups excluding carboxylic acids is 1. The number of anilines is 1. The molecule has 0 saturated carbocycles. The number of rotatable bonds is 9. The fraction of sp³-hybridized carbons (Fsp3) is 0.167. The summed E-state index contributed by atoms with van der Waals surface area (Å²) in [4.78, 5) is 13.6. The highest BCUT2D eigenvalue weighted by Gasteiger charge is 2.18. The Hall–Kier alpha value is -2.16. The van der Waals surface area contributed by atoms with Crippen LogP contribution in [0.3, 0.4) is 0 Å². The average molecular weight is 403 g/mol. The van der Waals surface area contributed by atoms with Crippen LogP contribution in [0, 0.1) is 0 Å². The van der Waals surface area contributed by atoms with Crippen molar-refractivity contribution in [3.05, 3.63) is 70.9 Å². The number of hydrogen-bond donors (Lipinski definition) is 2. The minimum atomic E-state index is -0.136. The molecule has 2 heterocycles. The van der Waals surface area contributed by atoms with Crippen LogP contribution in [-0.4, -0.2) is 28.4 Å². The SMILES string of the molecule is C=CCNc1nnc(SCC(=O)N[C@@H](c2ccccc2)c2cccs2)s1. The van der Waals surface area contributed by atoms with Gasteiger partial charge in [-0.3, -0.25) is 4.79 Å². The lowest BCUT2D eigenvalue weighted by Gasteiger charge is -2.17. The summed E-state index contributed by atoms with van der Waals surface area (Å²) in [5, 5.41) is 17.1. The standard InChI is InChI=1S/C18H18N4OS3/c1-2-10-19-17-21-22-18(26-17)25-12-15(23)20-16(14-9-6-11-24-14)13-7-4-3-5-8-13/h2-9,11,16H,1,10,12H2,(H,19,21)(H,20,23)/t16-/m0/s1. The summed E-state index contributed by atoms with van der Waals surface area (Å²) < 4.78 is 0.763. The molecular weight excluding hydrogens is 384 g/mol. The quantitative estimate of drug-likeness (QED) is 0.415. The summed E-state index contributed by atoms with van der Waals surface area (Å²) in [7, 11) is 0. The van der Waals surface area contributed by atoms with E-state index in [1.54, 1.807) is 17.4 Å². The van der Waals surface area contributed by atoms with Crippen LogP contribution in [-0.2, 0) is 4.79 Å². The average Bonchev–Trinajstić information content (AvgIpc) is 3.35. The second kappa shape index (κ2) is 9.51. The number of nitrogens with one attached hydrogen (secondary N) is 2. The van der Waals surface area contributed by atoms with Crippen molar-refractivity contribution >= 4 is 45.5 Å². The molecule has 26 heavy (non-hydrogen) atoms. The van der Waals surface area contributed by atoms with Crippen molar-refractivity contribution in [1.29, 1.82) is 0 Å². The van der Waals surface area contributed by atoms with Crippen molar-refractivity contribution in [3.63, 3.8) is 0 Å². The van der Waals surface area contributed by atoms with Gasteiger partial charge in [-0.05, 0) is 17.0 Å². The largest absolute Gasteiger partial charge is 0.357 e. The van der Waals surface area contributed by atoms with E-state index in [0.29, 0.717) is 12.3 Å². The van der Waals surface area contributed by atoms with Gasteiger partial charge in [-0.25, -0.2) is 0 Å². The maximum atomic E-state index is 12.5. The molecule has 1 amide bonds. The fourth-order valence-corrected chi connectivity index (χ4v) is 4.62. The van der Waals surface area contributed by atoms with E-state index in [0.717, 1.165) is 19.9 Å². The van der Waals surface area contributed by atoms with Crippen molar-refractivity contribution in [3.8, 4) is 0 Å². The number of nitrogens with zero attached hydrogens (tertiary/aromatic N) is 2. The first-order valence-corrected chi connectivity index (χ1v) is 10.6. The smallest absolute Gasteiger partial charge is 0.231 e. The van der Waals surface area contributed by atoms with Crippen molar-refractivity contribution in [2.75, 3.05) is 17.6 Å². The maximum absolute atomic E-state index is 12.5. The Bertz CT molecular complexity index is 833. The van der Waals surface area contributed by atoms with Crippen molar-refractivity contribution in [2.24, 2.45) is 0 Å². The number of amides is 1. The zero-order valence-corrected chi connectivity index (χ0v) is 16.4. The van der Waals surface area contributed by atoms with Gasteiger partial charge in [-0.2, -0.15) is 0 Å². The highest BCUT2D eigenvalue weighted by molar-refractivity contribution is 8.01. The molecule has 2 N–H and O–H groups in total. The molecule has 134 valence electrons. The molecule has 1 atom stereocenters. The minimum absolute atomic E-state index is 0.0342. The molecule has 0 spiro atoms. The minimum Gasteiger partial charge on any atom is -0.357 e. The van der Waals surface area contributed by atoms with Crippen LogP contribution in [0.5, 0.6) is 0 Å². The second-order valence-electron chi connectivity index (χ2n) is 5.26. The molecule has 2 aromatic heterocycles. The van der Waals surface area contributed by atoms with Gasteiger partial charge in [-0.15, -0.1) is 28.1 Å². The number of hydrogen-bond acceptors (Lipinski definition) is 7. The molecule has 8 heteroatoms. The van der Waals surface area contributed by atoms with Crippen LogP contribution in [0.2, 0.25) is 0 Å². The number of thioether (sulfide) groups is 1. The highest BCUT2D eigenvalue weighted by Crippen LogP contribution is 2.28. The van der Waals surface area contributed by atoms with Crippen LogP contribution < -0.4 is 10.6 Å². The van der Waals surface area contributed by atoms with Crippen LogP contribution in [0.1, 0.15) is 16.5 Å². The third kappa shape index (κ3) is 5.17. The Kier molecular flexibility index (Phi) is 6.82. The first kappa shape index (κ1) is 18.6. The van der Waals surface area contributed by atoms with E-state index < -0.39 is 0 Å². The highest BCUT2D eigenvalue weighted by atomic mass is 32.2. The summed E-state index contributed by atoms with van der Waals surface area (Å²) in [6.07, 6.45) is 1.76. The van der Waals surface area contributed by atoms with Crippen molar-refractivity contribution < 1.29 is 4.79 Å². The Balaban J connectivity index is 1.60.